The summed E-state index contributed by atoms with van der Waals surface area (Å²) in [5.41, 5.74) is 0. The summed E-state index contributed by atoms with van der Waals surface area (Å²) in [5, 5.41) is 11.4. The van der Waals surface area contributed by atoms with Gasteiger partial charge in [-0.15, -0.1) is 0 Å². The number of rotatable bonds is 4. The third-order valence-corrected chi connectivity index (χ3v) is 3.33. The molecular weight excluding hydrogens is 236 g/mol. The Balaban J connectivity index is 2.55. The maximum absolute atomic E-state index is 12.0. The number of carbonyl (C=O) groups excluding carboxylic acids is 1. The first-order valence-corrected chi connectivity index (χ1v) is 6.24. The van der Waals surface area contributed by atoms with E-state index in [1.54, 1.807) is 4.90 Å². The van der Waals surface area contributed by atoms with Crippen molar-refractivity contribution in [2.75, 3.05) is 20.3 Å². The van der Waals surface area contributed by atoms with Gasteiger partial charge in [-0.25, -0.2) is 9.59 Å². The topological polar surface area (TPSA) is 78.9 Å². The van der Waals surface area contributed by atoms with Gasteiger partial charge in [0.1, 0.15) is 0 Å². The molecule has 1 saturated heterocycles. The van der Waals surface area contributed by atoms with Gasteiger partial charge in [0, 0.05) is 19.7 Å². The van der Waals surface area contributed by atoms with Gasteiger partial charge in [-0.2, -0.15) is 0 Å². The Morgan fingerprint density at radius 1 is 1.50 bits per heavy atom. The standard InChI is InChI=1S/C12H22N2O4/c1-8-4-5-14(9(2)6-8)12(17)13-10(7-18-3)11(15)16/h8-10H,4-7H2,1-3H3,(H,13,17)(H,15,16). The monoisotopic (exact) mass is 258 g/mol. The summed E-state index contributed by atoms with van der Waals surface area (Å²) in [6.45, 7) is 4.80. The molecule has 104 valence electrons. The Bertz CT molecular complexity index is 308. The maximum Gasteiger partial charge on any atom is 0.328 e. The van der Waals surface area contributed by atoms with Gasteiger partial charge in [0.15, 0.2) is 6.04 Å². The third-order valence-electron chi connectivity index (χ3n) is 3.33. The molecule has 1 fully saturated rings. The molecule has 0 aromatic rings. The first-order chi connectivity index (χ1) is 8.45. The van der Waals surface area contributed by atoms with Crippen LogP contribution in [-0.4, -0.2) is 54.4 Å². The molecule has 0 saturated carbocycles. The third kappa shape index (κ3) is 3.87. The van der Waals surface area contributed by atoms with Crippen LogP contribution < -0.4 is 5.32 Å². The van der Waals surface area contributed by atoms with Crippen LogP contribution in [0, 0.1) is 5.92 Å². The zero-order valence-corrected chi connectivity index (χ0v) is 11.2. The van der Waals surface area contributed by atoms with E-state index in [1.807, 2.05) is 6.92 Å². The van der Waals surface area contributed by atoms with Crippen LogP contribution in [0.15, 0.2) is 0 Å². The summed E-state index contributed by atoms with van der Waals surface area (Å²) < 4.78 is 4.78. The quantitative estimate of drug-likeness (QED) is 0.785. The summed E-state index contributed by atoms with van der Waals surface area (Å²) in [7, 11) is 1.41. The van der Waals surface area contributed by atoms with Gasteiger partial charge < -0.3 is 20.1 Å². The summed E-state index contributed by atoms with van der Waals surface area (Å²) in [5.74, 6) is -0.471. The molecule has 18 heavy (non-hydrogen) atoms. The number of hydrogen-bond acceptors (Lipinski definition) is 3. The largest absolute Gasteiger partial charge is 0.480 e. The molecule has 0 bridgehead atoms. The fourth-order valence-corrected chi connectivity index (χ4v) is 2.28. The van der Waals surface area contributed by atoms with E-state index < -0.39 is 12.0 Å². The number of nitrogens with zero attached hydrogens (tertiary/aromatic N) is 1. The lowest BCUT2D eigenvalue weighted by Crippen LogP contribution is -2.54. The average Bonchev–Trinajstić information content (AvgIpc) is 2.27. The fourth-order valence-electron chi connectivity index (χ4n) is 2.28. The summed E-state index contributed by atoms with van der Waals surface area (Å²) in [6.07, 6.45) is 1.91. The molecule has 6 heteroatoms. The van der Waals surface area contributed by atoms with Crippen LogP contribution in [0.1, 0.15) is 26.7 Å². The van der Waals surface area contributed by atoms with Crippen molar-refractivity contribution in [1.82, 2.24) is 10.2 Å². The molecule has 2 N–H and O–H groups in total. The van der Waals surface area contributed by atoms with Gasteiger partial charge in [0.05, 0.1) is 6.61 Å². The van der Waals surface area contributed by atoms with E-state index in [9.17, 15) is 9.59 Å². The lowest BCUT2D eigenvalue weighted by Gasteiger charge is -2.37. The zero-order chi connectivity index (χ0) is 13.7. The number of hydrogen-bond donors (Lipinski definition) is 2. The molecule has 1 aliphatic heterocycles. The smallest absolute Gasteiger partial charge is 0.328 e. The number of urea groups is 1. The molecule has 0 aromatic carbocycles. The number of likely N-dealkylation sites (tertiary alicyclic amines) is 1. The number of aliphatic carboxylic acids is 1. The molecule has 0 aliphatic carbocycles. The molecule has 0 aromatic heterocycles. The number of ether oxygens (including phenoxy) is 1. The van der Waals surface area contributed by atoms with E-state index in [-0.39, 0.29) is 18.7 Å². The highest BCUT2D eigenvalue weighted by molar-refractivity contribution is 5.82. The Labute approximate surface area is 107 Å². The van der Waals surface area contributed by atoms with E-state index in [0.29, 0.717) is 12.5 Å². The molecule has 1 rings (SSSR count). The number of methoxy groups -OCH3 is 1. The van der Waals surface area contributed by atoms with Gasteiger partial charge in [-0.05, 0) is 25.7 Å². The molecule has 3 unspecified atom stereocenters. The molecule has 2 amide bonds. The lowest BCUT2D eigenvalue weighted by atomic mass is 9.94. The predicted molar refractivity (Wildman–Crippen MR) is 66.4 cm³/mol. The highest BCUT2D eigenvalue weighted by Crippen LogP contribution is 2.21. The highest BCUT2D eigenvalue weighted by atomic mass is 16.5. The van der Waals surface area contributed by atoms with Crippen LogP contribution in [-0.2, 0) is 9.53 Å². The molecule has 0 spiro atoms. The van der Waals surface area contributed by atoms with Gasteiger partial charge >= 0.3 is 12.0 Å². The van der Waals surface area contributed by atoms with Crippen molar-refractivity contribution in [2.45, 2.75) is 38.8 Å². The van der Waals surface area contributed by atoms with Gasteiger partial charge in [0.25, 0.3) is 0 Å². The fraction of sp³-hybridized carbons (Fsp3) is 0.833. The van der Waals surface area contributed by atoms with E-state index in [4.69, 9.17) is 9.84 Å². The van der Waals surface area contributed by atoms with Gasteiger partial charge in [0.2, 0.25) is 0 Å². The van der Waals surface area contributed by atoms with Crippen LogP contribution in [0.5, 0.6) is 0 Å². The SMILES string of the molecule is COCC(NC(=O)N1CCC(C)CC1C)C(=O)O. The van der Waals surface area contributed by atoms with Crippen LogP contribution >= 0.6 is 0 Å². The minimum atomic E-state index is -1.08. The summed E-state index contributed by atoms with van der Waals surface area (Å²) >= 11 is 0. The summed E-state index contributed by atoms with van der Waals surface area (Å²) in [4.78, 5) is 24.6. The van der Waals surface area contributed by atoms with Crippen molar-refractivity contribution in [3.05, 3.63) is 0 Å². The maximum atomic E-state index is 12.0. The van der Waals surface area contributed by atoms with Crippen LogP contribution in [0.2, 0.25) is 0 Å². The zero-order valence-electron chi connectivity index (χ0n) is 11.2. The second-order valence-corrected chi connectivity index (χ2v) is 4.97. The normalized spacial score (nSPS) is 25.6. The van der Waals surface area contributed by atoms with Crippen LogP contribution in [0.4, 0.5) is 4.79 Å². The molecule has 0 radical (unpaired) electrons. The molecular formula is C12H22N2O4. The van der Waals surface area contributed by atoms with E-state index in [0.717, 1.165) is 12.8 Å². The second-order valence-electron chi connectivity index (χ2n) is 4.97. The molecule has 3 atom stereocenters. The van der Waals surface area contributed by atoms with E-state index >= 15 is 0 Å². The number of nitrogens with one attached hydrogen (secondary N) is 1. The van der Waals surface area contributed by atoms with Crippen molar-refractivity contribution in [2.24, 2.45) is 5.92 Å². The first kappa shape index (κ1) is 14.8. The predicted octanol–water partition coefficient (Wildman–Crippen LogP) is 0.916. The second kappa shape index (κ2) is 6.58. The number of piperidine rings is 1. The lowest BCUT2D eigenvalue weighted by molar-refractivity contribution is -0.140. The minimum absolute atomic E-state index is 0.0281. The Morgan fingerprint density at radius 2 is 2.17 bits per heavy atom. The molecule has 6 nitrogen and oxygen atoms in total. The summed E-state index contributed by atoms with van der Waals surface area (Å²) in [6, 6.07) is -1.17. The Morgan fingerprint density at radius 3 is 2.67 bits per heavy atom. The number of amides is 2. The molecule has 1 aliphatic rings. The van der Waals surface area contributed by atoms with Crippen molar-refractivity contribution in [3.63, 3.8) is 0 Å². The van der Waals surface area contributed by atoms with Crippen molar-refractivity contribution >= 4 is 12.0 Å². The molecule has 1 heterocycles. The van der Waals surface area contributed by atoms with Crippen molar-refractivity contribution < 1.29 is 19.4 Å². The van der Waals surface area contributed by atoms with Crippen LogP contribution in [0.3, 0.4) is 0 Å². The van der Waals surface area contributed by atoms with E-state index in [1.165, 1.54) is 7.11 Å². The van der Waals surface area contributed by atoms with Gasteiger partial charge in [-0.3, -0.25) is 0 Å². The van der Waals surface area contributed by atoms with Crippen molar-refractivity contribution in [1.29, 1.82) is 0 Å². The first-order valence-electron chi connectivity index (χ1n) is 6.24. The number of carboxylic acids is 1. The number of carboxylic acid groups (broad SMARTS) is 1. The van der Waals surface area contributed by atoms with Gasteiger partial charge in [-0.1, -0.05) is 6.92 Å². The minimum Gasteiger partial charge on any atom is -0.480 e. The number of carbonyl (C=O) groups is 2. The van der Waals surface area contributed by atoms with E-state index in [2.05, 4.69) is 12.2 Å². The van der Waals surface area contributed by atoms with Crippen LogP contribution in [0.25, 0.3) is 0 Å². The highest BCUT2D eigenvalue weighted by Gasteiger charge is 2.29. The average molecular weight is 258 g/mol. The Hall–Kier alpha value is -1.30. The van der Waals surface area contributed by atoms with Crippen molar-refractivity contribution in [3.8, 4) is 0 Å². The Kier molecular flexibility index (Phi) is 5.40.